The maximum Gasteiger partial charge on any atom is 0.224 e. The van der Waals surface area contributed by atoms with E-state index in [9.17, 15) is 10.2 Å². The summed E-state index contributed by atoms with van der Waals surface area (Å²) in [6.07, 6.45) is -0.00801. The summed E-state index contributed by atoms with van der Waals surface area (Å²) in [4.78, 5) is 6.65. The lowest BCUT2D eigenvalue weighted by Gasteiger charge is -2.41. The van der Waals surface area contributed by atoms with Crippen LogP contribution >= 0.6 is 27.5 Å². The van der Waals surface area contributed by atoms with Gasteiger partial charge in [-0.2, -0.15) is 0 Å². The number of pyridine rings is 1. The van der Waals surface area contributed by atoms with Crippen molar-refractivity contribution in [2.45, 2.75) is 29.6 Å². The number of benzene rings is 2. The molecule has 2 N–H and O–H groups in total. The molecule has 0 unspecified atom stereocenters. The van der Waals surface area contributed by atoms with Gasteiger partial charge >= 0.3 is 0 Å². The minimum atomic E-state index is -1.82. The predicted octanol–water partition coefficient (Wildman–Crippen LogP) is 4.46. The molecule has 6 nitrogen and oxygen atoms in total. The van der Waals surface area contributed by atoms with E-state index >= 15 is 0 Å². The predicted molar refractivity (Wildman–Crippen MR) is 136 cm³/mol. The molecule has 182 valence electrons. The molecule has 3 aromatic rings. The van der Waals surface area contributed by atoms with Gasteiger partial charge < -0.3 is 24.6 Å². The average molecular weight is 558 g/mol. The number of hydrogen-bond donors (Lipinski definition) is 2. The summed E-state index contributed by atoms with van der Waals surface area (Å²) >= 11 is 9.83. The quantitative estimate of drug-likeness (QED) is 0.451. The van der Waals surface area contributed by atoms with Crippen molar-refractivity contribution in [2.75, 3.05) is 26.7 Å². The molecule has 1 saturated carbocycles. The molecule has 5 atom stereocenters. The van der Waals surface area contributed by atoms with Crippen LogP contribution in [0.4, 0.5) is 0 Å². The van der Waals surface area contributed by atoms with E-state index in [1.54, 1.807) is 6.07 Å². The summed E-state index contributed by atoms with van der Waals surface area (Å²) in [5, 5.41) is 25.0. The van der Waals surface area contributed by atoms with Gasteiger partial charge in [0.25, 0.3) is 0 Å². The Kier molecular flexibility index (Phi) is 5.62. The van der Waals surface area contributed by atoms with Crippen LogP contribution in [0.2, 0.25) is 5.15 Å². The molecule has 8 heteroatoms. The Morgan fingerprint density at radius 2 is 1.89 bits per heavy atom. The van der Waals surface area contributed by atoms with Crippen molar-refractivity contribution in [1.29, 1.82) is 0 Å². The standard InChI is InChI=1S/C27H26BrClN2O4/c1-34-25-23-20(14-21(29)30-25)35-27(17-8-10-18(28)11-9-17)22(16-6-3-2-4-7-16)19(15-31-12-5-13-31)24(32)26(23,27)33/h2-4,6-11,14,19,22,24,32-33H,5,12-13,15H2,1H3/t19-,22-,24-,26+,27+/m1/s1. The van der Waals surface area contributed by atoms with Gasteiger partial charge in [0, 0.05) is 28.9 Å². The van der Waals surface area contributed by atoms with Crippen LogP contribution < -0.4 is 9.47 Å². The Labute approximate surface area is 217 Å². The second-order valence-electron chi connectivity index (χ2n) is 9.59. The van der Waals surface area contributed by atoms with E-state index in [1.807, 2.05) is 54.6 Å². The molecule has 1 aliphatic carbocycles. The second-order valence-corrected chi connectivity index (χ2v) is 10.9. The third-order valence-corrected chi connectivity index (χ3v) is 8.60. The topological polar surface area (TPSA) is 75.0 Å². The van der Waals surface area contributed by atoms with Crippen LogP contribution in [0.25, 0.3) is 0 Å². The van der Waals surface area contributed by atoms with Gasteiger partial charge in [-0.05, 0) is 42.8 Å². The molecule has 0 spiro atoms. The summed E-state index contributed by atoms with van der Waals surface area (Å²) < 4.78 is 13.3. The minimum absolute atomic E-state index is 0.157. The molecular weight excluding hydrogens is 532 g/mol. The van der Waals surface area contributed by atoms with Crippen LogP contribution in [0, 0.1) is 5.92 Å². The summed E-state index contributed by atoms with van der Waals surface area (Å²) in [6, 6.07) is 19.3. The van der Waals surface area contributed by atoms with Gasteiger partial charge in [0.05, 0.1) is 18.8 Å². The minimum Gasteiger partial charge on any atom is -0.481 e. The summed E-state index contributed by atoms with van der Waals surface area (Å²) in [5.41, 5.74) is -1.06. The molecule has 2 aliphatic heterocycles. The summed E-state index contributed by atoms with van der Waals surface area (Å²) in [5.74, 6) is -0.139. The largest absolute Gasteiger partial charge is 0.481 e. The highest BCUT2D eigenvalue weighted by atomic mass is 79.9. The molecule has 1 aromatic heterocycles. The number of likely N-dealkylation sites (tertiary alicyclic amines) is 1. The molecule has 35 heavy (non-hydrogen) atoms. The lowest BCUT2D eigenvalue weighted by atomic mass is 9.71. The Morgan fingerprint density at radius 3 is 2.51 bits per heavy atom. The Bertz CT molecular complexity index is 1260. The maximum absolute atomic E-state index is 12.8. The van der Waals surface area contributed by atoms with Gasteiger partial charge in [0.1, 0.15) is 10.9 Å². The molecule has 2 fully saturated rings. The number of fused-ring (bicyclic) bond motifs is 3. The highest BCUT2D eigenvalue weighted by molar-refractivity contribution is 9.10. The fourth-order valence-electron chi connectivity index (χ4n) is 6.31. The zero-order valence-electron chi connectivity index (χ0n) is 19.2. The van der Waals surface area contributed by atoms with E-state index in [1.165, 1.54) is 7.11 Å². The molecule has 1 saturated heterocycles. The van der Waals surface area contributed by atoms with Gasteiger partial charge in [-0.25, -0.2) is 4.98 Å². The molecule has 3 aliphatic rings. The van der Waals surface area contributed by atoms with E-state index in [0.717, 1.165) is 35.1 Å². The van der Waals surface area contributed by atoms with Crippen LogP contribution in [0.1, 0.15) is 29.0 Å². The number of halogens is 2. The normalized spacial score (nSPS) is 31.4. The Hall–Kier alpha value is -2.16. The van der Waals surface area contributed by atoms with E-state index in [4.69, 9.17) is 21.1 Å². The van der Waals surface area contributed by atoms with Crippen LogP contribution in [-0.2, 0) is 11.2 Å². The first-order valence-electron chi connectivity index (χ1n) is 11.8. The number of aromatic nitrogens is 1. The molecular formula is C27H26BrClN2O4. The van der Waals surface area contributed by atoms with E-state index in [-0.39, 0.29) is 22.9 Å². The number of rotatable bonds is 5. The van der Waals surface area contributed by atoms with Crippen molar-refractivity contribution in [2.24, 2.45) is 5.92 Å². The van der Waals surface area contributed by atoms with Crippen molar-refractivity contribution in [3.8, 4) is 11.6 Å². The lowest BCUT2D eigenvalue weighted by Crippen LogP contribution is -2.52. The Morgan fingerprint density at radius 1 is 1.17 bits per heavy atom. The monoisotopic (exact) mass is 556 g/mol. The van der Waals surface area contributed by atoms with Crippen molar-refractivity contribution in [3.05, 3.63) is 87.0 Å². The first-order valence-corrected chi connectivity index (χ1v) is 12.9. The number of hydrogen-bond acceptors (Lipinski definition) is 6. The van der Waals surface area contributed by atoms with Gasteiger partial charge in [-0.1, -0.05) is 70.0 Å². The Balaban J connectivity index is 1.65. The molecule has 3 heterocycles. The highest BCUT2D eigenvalue weighted by Gasteiger charge is 2.77. The number of methoxy groups -OCH3 is 1. The number of aliphatic hydroxyl groups is 2. The first-order chi connectivity index (χ1) is 16.9. The van der Waals surface area contributed by atoms with Crippen molar-refractivity contribution in [1.82, 2.24) is 9.88 Å². The summed E-state index contributed by atoms with van der Waals surface area (Å²) in [6.45, 7) is 2.60. The van der Waals surface area contributed by atoms with Crippen LogP contribution in [0.3, 0.4) is 0 Å². The zero-order chi connectivity index (χ0) is 24.4. The van der Waals surface area contributed by atoms with Gasteiger partial charge in [0.2, 0.25) is 5.88 Å². The van der Waals surface area contributed by atoms with Crippen LogP contribution in [-0.4, -0.2) is 52.9 Å². The number of aliphatic hydroxyl groups excluding tert-OH is 1. The zero-order valence-corrected chi connectivity index (χ0v) is 21.5. The smallest absolute Gasteiger partial charge is 0.224 e. The van der Waals surface area contributed by atoms with E-state index in [2.05, 4.69) is 25.8 Å². The van der Waals surface area contributed by atoms with Gasteiger partial charge in [-0.15, -0.1) is 0 Å². The summed E-state index contributed by atoms with van der Waals surface area (Å²) in [7, 11) is 1.48. The molecule has 6 rings (SSSR count). The van der Waals surface area contributed by atoms with Crippen LogP contribution in [0.5, 0.6) is 11.6 Å². The number of ether oxygens (including phenoxy) is 2. The first kappa shape index (κ1) is 23.3. The van der Waals surface area contributed by atoms with Crippen molar-refractivity contribution < 1.29 is 19.7 Å². The molecule has 0 bridgehead atoms. The van der Waals surface area contributed by atoms with Crippen LogP contribution in [0.15, 0.2) is 65.1 Å². The highest BCUT2D eigenvalue weighted by Crippen LogP contribution is 2.69. The van der Waals surface area contributed by atoms with Gasteiger partial charge in [-0.3, -0.25) is 0 Å². The second kappa shape index (κ2) is 8.46. The third-order valence-electron chi connectivity index (χ3n) is 7.88. The molecule has 2 aromatic carbocycles. The fourth-order valence-corrected chi connectivity index (χ4v) is 6.75. The van der Waals surface area contributed by atoms with E-state index in [0.29, 0.717) is 17.9 Å². The van der Waals surface area contributed by atoms with Gasteiger partial charge in [0.15, 0.2) is 11.2 Å². The molecule has 0 radical (unpaired) electrons. The van der Waals surface area contributed by atoms with Crippen molar-refractivity contribution >= 4 is 27.5 Å². The maximum atomic E-state index is 12.8. The number of nitrogens with zero attached hydrogens (tertiary/aromatic N) is 2. The fraction of sp³-hybridized carbons (Fsp3) is 0.370. The average Bonchev–Trinajstić information content (AvgIpc) is 3.19. The lowest BCUT2D eigenvalue weighted by molar-refractivity contribution is -0.152. The SMILES string of the molecule is COc1nc(Cl)cc2c1[C@]1(O)[C@H](O)[C@H](CN3CCC3)[C@@H](c3ccccc3)[C@]1(c1ccc(Br)cc1)O2. The third kappa shape index (κ3) is 3.22. The van der Waals surface area contributed by atoms with E-state index < -0.39 is 17.3 Å². The van der Waals surface area contributed by atoms with Crippen molar-refractivity contribution in [3.63, 3.8) is 0 Å². The molecule has 0 amide bonds.